The quantitative estimate of drug-likeness (QED) is 0.804. The first-order valence-corrected chi connectivity index (χ1v) is 5.46. The number of rotatable bonds is 2. The summed E-state index contributed by atoms with van der Waals surface area (Å²) in [5, 5.41) is 3.49. The number of halogens is 1. The first kappa shape index (κ1) is 9.16. The van der Waals surface area contributed by atoms with E-state index in [1.165, 1.54) is 18.9 Å². The molecule has 1 saturated carbocycles. The van der Waals surface area contributed by atoms with Gasteiger partial charge in [0.05, 0.1) is 6.04 Å². The van der Waals surface area contributed by atoms with Crippen molar-refractivity contribution >= 4 is 0 Å². The highest BCUT2D eigenvalue weighted by Crippen LogP contribution is 2.38. The molecule has 1 aliphatic heterocycles. The summed E-state index contributed by atoms with van der Waals surface area (Å²) in [5.74, 6) is 0.635. The number of hydrogen-bond acceptors (Lipinski definition) is 2. The van der Waals surface area contributed by atoms with E-state index in [9.17, 15) is 4.39 Å². The molecule has 0 saturated heterocycles. The highest BCUT2D eigenvalue weighted by atomic mass is 19.1. The number of hydrogen-bond donors (Lipinski definition) is 1. The zero-order valence-electron chi connectivity index (χ0n) is 8.66. The van der Waals surface area contributed by atoms with Gasteiger partial charge in [0.2, 0.25) is 0 Å². The maximum atomic E-state index is 13.1. The molecule has 0 spiro atoms. The molecular formula is C12H14FNO. The molecule has 2 unspecified atom stereocenters. The zero-order chi connectivity index (χ0) is 10.4. The number of ether oxygens (including phenoxy) is 1. The lowest BCUT2D eigenvalue weighted by atomic mass is 10.0. The SMILES string of the molecule is CC1Oc2ccc(F)cc2C1NC1CC1. The van der Waals surface area contributed by atoms with E-state index in [1.54, 1.807) is 12.1 Å². The van der Waals surface area contributed by atoms with Crippen LogP contribution in [0.1, 0.15) is 31.4 Å². The third-order valence-electron chi connectivity index (χ3n) is 3.08. The third-order valence-corrected chi connectivity index (χ3v) is 3.08. The Morgan fingerprint density at radius 2 is 2.20 bits per heavy atom. The summed E-state index contributed by atoms with van der Waals surface area (Å²) in [6.45, 7) is 2.03. The van der Waals surface area contributed by atoms with Gasteiger partial charge in [-0.25, -0.2) is 4.39 Å². The maximum absolute atomic E-state index is 13.1. The Morgan fingerprint density at radius 1 is 1.40 bits per heavy atom. The van der Waals surface area contributed by atoms with Gasteiger partial charge in [-0.1, -0.05) is 0 Å². The summed E-state index contributed by atoms with van der Waals surface area (Å²) in [4.78, 5) is 0. The van der Waals surface area contributed by atoms with Crippen molar-refractivity contribution in [3.63, 3.8) is 0 Å². The first-order valence-electron chi connectivity index (χ1n) is 5.46. The minimum atomic E-state index is -0.186. The minimum absolute atomic E-state index is 0.0994. The van der Waals surface area contributed by atoms with Gasteiger partial charge in [-0.3, -0.25) is 0 Å². The topological polar surface area (TPSA) is 21.3 Å². The van der Waals surface area contributed by atoms with Crippen molar-refractivity contribution in [2.45, 2.75) is 38.0 Å². The van der Waals surface area contributed by atoms with Crippen LogP contribution in [0.2, 0.25) is 0 Å². The predicted octanol–water partition coefficient (Wildman–Crippen LogP) is 2.40. The summed E-state index contributed by atoms with van der Waals surface area (Å²) < 4.78 is 18.8. The smallest absolute Gasteiger partial charge is 0.124 e. The highest BCUT2D eigenvalue weighted by Gasteiger charge is 2.35. The summed E-state index contributed by atoms with van der Waals surface area (Å²) in [6, 6.07) is 5.51. The van der Waals surface area contributed by atoms with Crippen LogP contribution in [-0.4, -0.2) is 12.1 Å². The van der Waals surface area contributed by atoms with E-state index in [-0.39, 0.29) is 18.0 Å². The average molecular weight is 207 g/mol. The molecular weight excluding hydrogens is 193 g/mol. The Morgan fingerprint density at radius 3 is 2.93 bits per heavy atom. The van der Waals surface area contributed by atoms with Gasteiger partial charge in [-0.05, 0) is 38.0 Å². The summed E-state index contributed by atoms with van der Waals surface area (Å²) in [6.07, 6.45) is 2.56. The van der Waals surface area contributed by atoms with Gasteiger partial charge in [0.1, 0.15) is 17.7 Å². The Labute approximate surface area is 88.4 Å². The van der Waals surface area contributed by atoms with E-state index >= 15 is 0 Å². The molecule has 1 heterocycles. The Hall–Kier alpha value is -1.09. The minimum Gasteiger partial charge on any atom is -0.488 e. The van der Waals surface area contributed by atoms with Crippen molar-refractivity contribution in [1.29, 1.82) is 0 Å². The standard InChI is InChI=1S/C12H14FNO/c1-7-12(14-9-3-4-9)10-6-8(13)2-5-11(10)15-7/h2,5-7,9,12,14H,3-4H2,1H3. The van der Waals surface area contributed by atoms with Gasteiger partial charge in [-0.2, -0.15) is 0 Å². The molecule has 0 amide bonds. The van der Waals surface area contributed by atoms with Crippen LogP contribution in [0.15, 0.2) is 18.2 Å². The molecule has 2 aliphatic rings. The lowest BCUT2D eigenvalue weighted by Gasteiger charge is -2.16. The molecule has 1 fully saturated rings. The average Bonchev–Trinajstić information content (AvgIpc) is 2.96. The van der Waals surface area contributed by atoms with Crippen LogP contribution in [0, 0.1) is 5.82 Å². The second-order valence-electron chi connectivity index (χ2n) is 4.42. The van der Waals surface area contributed by atoms with E-state index in [0.717, 1.165) is 11.3 Å². The summed E-state index contributed by atoms with van der Waals surface area (Å²) in [7, 11) is 0. The van der Waals surface area contributed by atoms with Crippen molar-refractivity contribution in [1.82, 2.24) is 5.32 Å². The molecule has 0 bridgehead atoms. The molecule has 3 heteroatoms. The molecule has 80 valence electrons. The van der Waals surface area contributed by atoms with Crippen LogP contribution in [0.5, 0.6) is 5.75 Å². The van der Waals surface area contributed by atoms with Gasteiger partial charge in [-0.15, -0.1) is 0 Å². The van der Waals surface area contributed by atoms with Crippen LogP contribution in [-0.2, 0) is 0 Å². The second-order valence-corrected chi connectivity index (χ2v) is 4.42. The number of benzene rings is 1. The number of nitrogens with one attached hydrogen (secondary N) is 1. The molecule has 2 nitrogen and oxygen atoms in total. The van der Waals surface area contributed by atoms with Gasteiger partial charge in [0.25, 0.3) is 0 Å². The lowest BCUT2D eigenvalue weighted by Crippen LogP contribution is -2.30. The fourth-order valence-corrected chi connectivity index (χ4v) is 2.12. The maximum Gasteiger partial charge on any atom is 0.124 e. The lowest BCUT2D eigenvalue weighted by molar-refractivity contribution is 0.208. The van der Waals surface area contributed by atoms with E-state index in [0.29, 0.717) is 6.04 Å². The normalized spacial score (nSPS) is 28.7. The highest BCUT2D eigenvalue weighted by molar-refractivity contribution is 5.41. The monoisotopic (exact) mass is 207 g/mol. The second kappa shape index (κ2) is 3.20. The van der Waals surface area contributed by atoms with Crippen molar-refractivity contribution < 1.29 is 9.13 Å². The van der Waals surface area contributed by atoms with Gasteiger partial charge < -0.3 is 10.1 Å². The fourth-order valence-electron chi connectivity index (χ4n) is 2.12. The van der Waals surface area contributed by atoms with Crippen molar-refractivity contribution in [3.05, 3.63) is 29.6 Å². The van der Waals surface area contributed by atoms with E-state index in [4.69, 9.17) is 4.74 Å². The van der Waals surface area contributed by atoms with Crippen LogP contribution in [0.4, 0.5) is 4.39 Å². The van der Waals surface area contributed by atoms with Gasteiger partial charge in [0, 0.05) is 11.6 Å². The van der Waals surface area contributed by atoms with E-state index in [1.807, 2.05) is 6.92 Å². The van der Waals surface area contributed by atoms with E-state index in [2.05, 4.69) is 5.32 Å². The molecule has 1 aromatic carbocycles. The summed E-state index contributed by atoms with van der Waals surface area (Å²) >= 11 is 0. The predicted molar refractivity (Wildman–Crippen MR) is 55.4 cm³/mol. The largest absolute Gasteiger partial charge is 0.488 e. The van der Waals surface area contributed by atoms with Crippen LogP contribution in [0.25, 0.3) is 0 Å². The van der Waals surface area contributed by atoms with Crippen molar-refractivity contribution in [2.75, 3.05) is 0 Å². The van der Waals surface area contributed by atoms with Crippen molar-refractivity contribution in [2.24, 2.45) is 0 Å². The molecule has 1 aliphatic carbocycles. The van der Waals surface area contributed by atoms with E-state index < -0.39 is 0 Å². The molecule has 2 atom stereocenters. The molecule has 0 aromatic heterocycles. The number of fused-ring (bicyclic) bond motifs is 1. The third kappa shape index (κ3) is 1.61. The molecule has 15 heavy (non-hydrogen) atoms. The molecule has 0 radical (unpaired) electrons. The Kier molecular flexibility index (Phi) is 1.96. The Balaban J connectivity index is 1.91. The fraction of sp³-hybridized carbons (Fsp3) is 0.500. The Bertz CT molecular complexity index is 389. The zero-order valence-corrected chi connectivity index (χ0v) is 8.66. The molecule has 3 rings (SSSR count). The summed E-state index contributed by atoms with van der Waals surface area (Å²) in [5.41, 5.74) is 0.967. The van der Waals surface area contributed by atoms with Crippen LogP contribution < -0.4 is 10.1 Å². The van der Waals surface area contributed by atoms with Gasteiger partial charge in [0.15, 0.2) is 0 Å². The van der Waals surface area contributed by atoms with Gasteiger partial charge >= 0.3 is 0 Å². The van der Waals surface area contributed by atoms with Crippen LogP contribution in [0.3, 0.4) is 0 Å². The molecule has 1 aromatic rings. The molecule has 1 N–H and O–H groups in total. The van der Waals surface area contributed by atoms with Crippen LogP contribution >= 0.6 is 0 Å². The first-order chi connectivity index (χ1) is 7.24. The van der Waals surface area contributed by atoms with Crippen molar-refractivity contribution in [3.8, 4) is 5.75 Å².